The van der Waals surface area contributed by atoms with Crippen LogP contribution in [0.1, 0.15) is 43.8 Å². The number of rotatable bonds is 9. The van der Waals surface area contributed by atoms with Crippen LogP contribution in [0.15, 0.2) is 40.0 Å². The molecule has 0 aliphatic carbocycles. The van der Waals surface area contributed by atoms with E-state index in [1.165, 1.54) is 59.3 Å². The number of methoxy groups -OCH3 is 1. The number of carboxylic acids is 1. The number of aliphatic imine (C=N–C) groups is 1. The standard InChI is InChI=1S/C29H31ClF4N6O5S/c1-14(41)40-12-18-23(39(40)9-7-28(2,3)27(43)44)29(33,34)13-38(18)11-17-19(26(42)45-4)22(15-5-6-16(31)21(32)20(15)30)37-24(36-17)25-35-8-10-46-25/h5-6,8,10,18,22-23H,7,9,11-13H2,1-4H3,(H,36,37)(H,43,44)/t18-,22+,23+/m1/s1. The number of benzene rings is 1. The number of hydrogen-bond acceptors (Lipinski definition) is 10. The quantitative estimate of drug-likeness (QED) is 0.230. The first kappa shape index (κ1) is 33.8. The van der Waals surface area contributed by atoms with Gasteiger partial charge in [-0.15, -0.1) is 11.3 Å². The molecule has 11 nitrogen and oxygen atoms in total. The number of ether oxygens (including phenoxy) is 1. The number of nitrogens with zero attached hydrogens (tertiary/aromatic N) is 5. The van der Waals surface area contributed by atoms with Gasteiger partial charge in [0.2, 0.25) is 5.91 Å². The van der Waals surface area contributed by atoms with Gasteiger partial charge in [-0.2, -0.15) is 0 Å². The fourth-order valence-electron chi connectivity index (χ4n) is 5.97. The Kier molecular flexibility index (Phi) is 9.20. The Hall–Kier alpha value is -3.60. The minimum Gasteiger partial charge on any atom is -0.481 e. The molecule has 46 heavy (non-hydrogen) atoms. The van der Waals surface area contributed by atoms with Gasteiger partial charge in [0.1, 0.15) is 12.1 Å². The molecule has 0 unspecified atom stereocenters. The fraction of sp³-hybridized carbons (Fsp3) is 0.483. The number of amides is 1. The van der Waals surface area contributed by atoms with Crippen molar-refractivity contribution in [2.45, 2.75) is 51.2 Å². The van der Waals surface area contributed by atoms with Gasteiger partial charge >= 0.3 is 11.9 Å². The summed E-state index contributed by atoms with van der Waals surface area (Å²) in [6.45, 7) is 2.92. The molecule has 17 heteroatoms. The van der Waals surface area contributed by atoms with Gasteiger partial charge < -0.3 is 15.2 Å². The molecular formula is C29H31ClF4N6O5S. The molecule has 0 bridgehead atoms. The molecule has 2 saturated heterocycles. The van der Waals surface area contributed by atoms with Gasteiger partial charge in [-0.05, 0) is 26.3 Å². The second-order valence-electron chi connectivity index (χ2n) is 11.9. The number of halogens is 5. The van der Waals surface area contributed by atoms with E-state index in [1.807, 2.05) is 0 Å². The summed E-state index contributed by atoms with van der Waals surface area (Å²) in [5, 5.41) is 16.4. The third-order valence-corrected chi connectivity index (χ3v) is 9.63. The van der Waals surface area contributed by atoms with Crippen LogP contribution in [0.2, 0.25) is 5.02 Å². The van der Waals surface area contributed by atoms with Gasteiger partial charge in [-0.3, -0.25) is 24.5 Å². The number of aliphatic carboxylic acids is 1. The number of hydrazine groups is 1. The molecule has 5 rings (SSSR count). The van der Waals surface area contributed by atoms with Gasteiger partial charge in [-0.1, -0.05) is 17.7 Å². The molecular weight excluding hydrogens is 656 g/mol. The van der Waals surface area contributed by atoms with Gasteiger partial charge in [0, 0.05) is 42.9 Å². The van der Waals surface area contributed by atoms with E-state index in [4.69, 9.17) is 16.3 Å². The minimum atomic E-state index is -3.35. The molecule has 3 aliphatic heterocycles. The number of amidine groups is 1. The van der Waals surface area contributed by atoms with Crippen molar-refractivity contribution < 1.29 is 41.8 Å². The monoisotopic (exact) mass is 686 g/mol. The third-order valence-electron chi connectivity index (χ3n) is 8.47. The number of carbonyl (C=O) groups excluding carboxylic acids is 2. The van der Waals surface area contributed by atoms with Crippen molar-refractivity contribution in [3.8, 4) is 0 Å². The van der Waals surface area contributed by atoms with Crippen LogP contribution in [0, 0.1) is 17.0 Å². The van der Waals surface area contributed by atoms with Gasteiger partial charge in [0.25, 0.3) is 5.92 Å². The molecule has 2 aromatic rings. The number of nitrogens with one attached hydrogen (secondary N) is 1. The number of esters is 1. The second kappa shape index (κ2) is 12.5. The van der Waals surface area contributed by atoms with Crippen LogP contribution >= 0.6 is 22.9 Å². The zero-order chi connectivity index (χ0) is 33.7. The molecule has 3 atom stereocenters. The van der Waals surface area contributed by atoms with Crippen LogP contribution in [-0.4, -0.2) is 100.0 Å². The number of fused-ring (bicyclic) bond motifs is 1. The fourth-order valence-corrected chi connectivity index (χ4v) is 6.81. The van der Waals surface area contributed by atoms with Crippen LogP contribution in [0.25, 0.3) is 0 Å². The van der Waals surface area contributed by atoms with Crippen molar-refractivity contribution in [3.63, 3.8) is 0 Å². The number of hydrogen-bond donors (Lipinski definition) is 2. The lowest BCUT2D eigenvalue weighted by atomic mass is 9.89. The zero-order valence-electron chi connectivity index (χ0n) is 25.2. The molecule has 1 amide bonds. The minimum absolute atomic E-state index is 0.00504. The first-order valence-corrected chi connectivity index (χ1v) is 15.4. The molecule has 4 heterocycles. The van der Waals surface area contributed by atoms with Crippen molar-refractivity contribution in [3.05, 3.63) is 62.2 Å². The molecule has 1 aromatic heterocycles. The first-order chi connectivity index (χ1) is 21.6. The Balaban J connectivity index is 1.56. The molecule has 3 aliphatic rings. The van der Waals surface area contributed by atoms with E-state index in [0.29, 0.717) is 5.01 Å². The summed E-state index contributed by atoms with van der Waals surface area (Å²) in [4.78, 5) is 47.8. The number of likely N-dealkylation sites (tertiary alicyclic amines) is 1. The summed E-state index contributed by atoms with van der Waals surface area (Å²) in [5.41, 5.74) is -1.37. The predicted octanol–water partition coefficient (Wildman–Crippen LogP) is 3.86. The summed E-state index contributed by atoms with van der Waals surface area (Å²) in [6, 6.07) is -1.70. The molecule has 2 N–H and O–H groups in total. The van der Waals surface area contributed by atoms with E-state index in [9.17, 15) is 28.3 Å². The van der Waals surface area contributed by atoms with E-state index in [2.05, 4.69) is 15.3 Å². The van der Waals surface area contributed by atoms with E-state index in [1.54, 1.807) is 5.38 Å². The Bertz CT molecular complexity index is 1620. The van der Waals surface area contributed by atoms with Crippen LogP contribution in [0.5, 0.6) is 0 Å². The average molecular weight is 687 g/mol. The van der Waals surface area contributed by atoms with Crippen molar-refractivity contribution >= 4 is 46.6 Å². The summed E-state index contributed by atoms with van der Waals surface area (Å²) in [5.74, 6) is -8.28. The Morgan fingerprint density at radius 3 is 2.59 bits per heavy atom. The summed E-state index contributed by atoms with van der Waals surface area (Å²) >= 11 is 7.40. The molecule has 248 valence electrons. The van der Waals surface area contributed by atoms with E-state index in [0.717, 1.165) is 13.2 Å². The number of carboxylic acid groups (broad SMARTS) is 1. The maximum atomic E-state index is 15.9. The Labute approximate surface area is 270 Å². The largest absolute Gasteiger partial charge is 0.481 e. The number of alkyl halides is 2. The van der Waals surface area contributed by atoms with E-state index < -0.39 is 70.5 Å². The Morgan fingerprint density at radius 1 is 1.26 bits per heavy atom. The van der Waals surface area contributed by atoms with Gasteiger partial charge in [0.15, 0.2) is 22.5 Å². The molecule has 0 saturated carbocycles. The Morgan fingerprint density at radius 2 is 1.98 bits per heavy atom. The van der Waals surface area contributed by atoms with Gasteiger partial charge in [0.05, 0.1) is 42.3 Å². The van der Waals surface area contributed by atoms with Gasteiger partial charge in [-0.25, -0.2) is 32.3 Å². The highest BCUT2D eigenvalue weighted by Crippen LogP contribution is 2.44. The van der Waals surface area contributed by atoms with Crippen LogP contribution in [0.3, 0.4) is 0 Å². The summed E-state index contributed by atoms with van der Waals surface area (Å²) < 4.78 is 65.4. The normalized spacial score (nSPS) is 23.3. The number of aromatic nitrogens is 1. The maximum absolute atomic E-state index is 15.9. The van der Waals surface area contributed by atoms with E-state index in [-0.39, 0.29) is 48.7 Å². The molecule has 1 aromatic carbocycles. The average Bonchev–Trinajstić information content (AvgIpc) is 3.72. The third kappa shape index (κ3) is 6.10. The lowest BCUT2D eigenvalue weighted by Crippen LogP contribution is -2.52. The highest BCUT2D eigenvalue weighted by Gasteiger charge is 2.62. The first-order valence-electron chi connectivity index (χ1n) is 14.2. The summed E-state index contributed by atoms with van der Waals surface area (Å²) in [6.07, 6.45) is 1.50. The maximum Gasteiger partial charge on any atom is 0.338 e. The molecule has 0 radical (unpaired) electrons. The lowest BCUT2D eigenvalue weighted by Gasteiger charge is -2.35. The van der Waals surface area contributed by atoms with Crippen molar-refractivity contribution in [1.82, 2.24) is 25.2 Å². The van der Waals surface area contributed by atoms with Crippen LogP contribution in [-0.2, 0) is 19.1 Å². The summed E-state index contributed by atoms with van der Waals surface area (Å²) in [7, 11) is 1.11. The van der Waals surface area contributed by atoms with Crippen LogP contribution in [0.4, 0.5) is 17.6 Å². The SMILES string of the molecule is COC(=O)C1=C(CN2CC(F)(F)[C@@H]3[C@H]2CN(C(C)=O)N3CCC(C)(C)C(=O)O)NC(c2nccs2)=N[C@H]1c1ccc(F)c(F)c1Cl. The molecule has 0 spiro atoms. The van der Waals surface area contributed by atoms with E-state index >= 15 is 8.78 Å². The highest BCUT2D eigenvalue weighted by molar-refractivity contribution is 7.11. The number of thiazole rings is 1. The van der Waals surface area contributed by atoms with Crippen molar-refractivity contribution in [1.29, 1.82) is 0 Å². The van der Waals surface area contributed by atoms with Crippen molar-refractivity contribution in [2.75, 3.05) is 33.3 Å². The molecule has 2 fully saturated rings. The highest BCUT2D eigenvalue weighted by atomic mass is 35.5. The smallest absolute Gasteiger partial charge is 0.338 e. The van der Waals surface area contributed by atoms with Crippen molar-refractivity contribution in [2.24, 2.45) is 10.4 Å². The topological polar surface area (TPSA) is 128 Å². The predicted molar refractivity (Wildman–Crippen MR) is 159 cm³/mol. The number of carbonyl (C=O) groups is 3. The lowest BCUT2D eigenvalue weighted by molar-refractivity contribution is -0.156. The zero-order valence-corrected chi connectivity index (χ0v) is 26.8. The second-order valence-corrected chi connectivity index (χ2v) is 13.1. The van der Waals surface area contributed by atoms with Crippen LogP contribution < -0.4 is 5.32 Å².